The van der Waals surface area contributed by atoms with Gasteiger partial charge in [-0.25, -0.2) is 9.78 Å². The van der Waals surface area contributed by atoms with Crippen molar-refractivity contribution in [3.05, 3.63) is 20.8 Å². The minimum absolute atomic E-state index is 0.000471. The first-order chi connectivity index (χ1) is 14.3. The summed E-state index contributed by atoms with van der Waals surface area (Å²) in [7, 11) is 0. The molecule has 0 atom stereocenters. The second-order valence-electron chi connectivity index (χ2n) is 8.39. The molecule has 9 heteroatoms. The van der Waals surface area contributed by atoms with Crippen LogP contribution in [0.2, 0.25) is 0 Å². The molecule has 164 valence electrons. The summed E-state index contributed by atoms with van der Waals surface area (Å²) in [5.74, 6) is 0.0641. The third-order valence-electron chi connectivity index (χ3n) is 4.97. The molecule has 2 aromatic rings. The van der Waals surface area contributed by atoms with Crippen LogP contribution < -0.4 is 16.2 Å². The number of aromatic nitrogens is 2. The molecule has 2 heterocycles. The maximum atomic E-state index is 13.4. The first-order valence-corrected chi connectivity index (χ1v) is 12.3. The van der Waals surface area contributed by atoms with E-state index in [9.17, 15) is 14.4 Å². The third kappa shape index (κ3) is 5.43. The summed E-state index contributed by atoms with van der Waals surface area (Å²) in [6, 6.07) is -0.567. The predicted molar refractivity (Wildman–Crippen MR) is 123 cm³/mol. The van der Waals surface area contributed by atoms with Crippen molar-refractivity contribution in [1.82, 2.24) is 20.2 Å². The maximum Gasteiger partial charge on any atom is 0.321 e. The van der Waals surface area contributed by atoms with E-state index in [0.717, 1.165) is 42.3 Å². The summed E-state index contributed by atoms with van der Waals surface area (Å²) < 4.78 is 1.72. The number of amides is 3. The van der Waals surface area contributed by atoms with E-state index in [4.69, 9.17) is 4.98 Å². The monoisotopic (exact) mass is 450 g/mol. The van der Waals surface area contributed by atoms with Gasteiger partial charge < -0.3 is 5.32 Å². The lowest BCUT2D eigenvalue weighted by molar-refractivity contribution is -0.117. The lowest BCUT2D eigenvalue weighted by Crippen LogP contribution is -2.43. The summed E-state index contributed by atoms with van der Waals surface area (Å²) >= 11 is 2.82. The number of carbonyl (C=O) groups is 2. The van der Waals surface area contributed by atoms with Gasteiger partial charge in [0.1, 0.15) is 4.83 Å². The second-order valence-corrected chi connectivity index (χ2v) is 10.4. The smallest absolute Gasteiger partial charge is 0.321 e. The highest BCUT2D eigenvalue weighted by molar-refractivity contribution is 7.99. The molecule has 30 heavy (non-hydrogen) atoms. The van der Waals surface area contributed by atoms with Gasteiger partial charge in [0.2, 0.25) is 5.91 Å². The van der Waals surface area contributed by atoms with Crippen molar-refractivity contribution < 1.29 is 9.59 Å². The number of hydrogen-bond donors (Lipinski definition) is 2. The molecule has 0 fully saturated rings. The Labute approximate surface area is 185 Å². The van der Waals surface area contributed by atoms with Gasteiger partial charge in [-0.15, -0.1) is 11.3 Å². The molecule has 3 rings (SSSR count). The number of nitrogens with one attached hydrogen (secondary N) is 2. The normalized spacial score (nSPS) is 13.7. The van der Waals surface area contributed by atoms with Gasteiger partial charge >= 0.3 is 6.03 Å². The topological polar surface area (TPSA) is 93.1 Å². The summed E-state index contributed by atoms with van der Waals surface area (Å²) in [5, 5.41) is 6.26. The molecule has 0 saturated carbocycles. The molecule has 0 bridgehead atoms. The Bertz CT molecular complexity index is 994. The number of fused-ring (bicyclic) bond motifs is 3. The zero-order chi connectivity index (χ0) is 21.8. The summed E-state index contributed by atoms with van der Waals surface area (Å²) in [6.07, 6.45) is 5.07. The molecule has 1 aliphatic carbocycles. The van der Waals surface area contributed by atoms with Gasteiger partial charge in [0.05, 0.1) is 11.1 Å². The van der Waals surface area contributed by atoms with Gasteiger partial charge in [-0.3, -0.25) is 19.5 Å². The lowest BCUT2D eigenvalue weighted by atomic mass is 9.97. The van der Waals surface area contributed by atoms with E-state index in [1.165, 1.54) is 22.2 Å². The zero-order valence-electron chi connectivity index (χ0n) is 18.0. The minimum Gasteiger partial charge on any atom is -0.336 e. The Balaban J connectivity index is 1.86. The van der Waals surface area contributed by atoms with Crippen LogP contribution in [0.4, 0.5) is 4.79 Å². The van der Waals surface area contributed by atoms with Crippen LogP contribution in [0.1, 0.15) is 57.4 Å². The van der Waals surface area contributed by atoms with Gasteiger partial charge in [-0.2, -0.15) is 0 Å². The highest BCUT2D eigenvalue weighted by atomic mass is 32.2. The van der Waals surface area contributed by atoms with E-state index in [1.54, 1.807) is 15.9 Å². The number of rotatable bonds is 7. The van der Waals surface area contributed by atoms with Crippen LogP contribution in [0.5, 0.6) is 0 Å². The van der Waals surface area contributed by atoms with Crippen molar-refractivity contribution in [2.24, 2.45) is 5.92 Å². The van der Waals surface area contributed by atoms with E-state index in [0.29, 0.717) is 17.6 Å². The van der Waals surface area contributed by atoms with Crippen LogP contribution in [0, 0.1) is 5.92 Å². The van der Waals surface area contributed by atoms with Crippen molar-refractivity contribution in [2.75, 3.05) is 5.75 Å². The Kier molecular flexibility index (Phi) is 7.57. The van der Waals surface area contributed by atoms with Crippen molar-refractivity contribution in [2.45, 2.75) is 77.5 Å². The number of imide groups is 1. The Morgan fingerprint density at radius 2 is 1.93 bits per heavy atom. The van der Waals surface area contributed by atoms with Gasteiger partial charge in [0, 0.05) is 17.5 Å². The molecule has 2 aromatic heterocycles. The summed E-state index contributed by atoms with van der Waals surface area (Å²) in [6.45, 7) is 8.47. The molecule has 0 radical (unpaired) electrons. The Morgan fingerprint density at radius 3 is 2.63 bits per heavy atom. The second kappa shape index (κ2) is 9.96. The largest absolute Gasteiger partial charge is 0.336 e. The Hall–Kier alpha value is -1.87. The van der Waals surface area contributed by atoms with Gasteiger partial charge in [0.25, 0.3) is 5.56 Å². The molecular weight excluding hydrogens is 420 g/mol. The van der Waals surface area contributed by atoms with Gasteiger partial charge in [-0.05, 0) is 57.4 Å². The van der Waals surface area contributed by atoms with Crippen LogP contribution in [-0.2, 0) is 24.2 Å². The van der Waals surface area contributed by atoms with E-state index >= 15 is 0 Å². The minimum atomic E-state index is -0.512. The first kappa shape index (κ1) is 22.8. The molecule has 0 unspecified atom stereocenters. The summed E-state index contributed by atoms with van der Waals surface area (Å²) in [4.78, 5) is 44.2. The molecule has 0 saturated heterocycles. The lowest BCUT2D eigenvalue weighted by Gasteiger charge is -2.14. The number of urea groups is 1. The van der Waals surface area contributed by atoms with Crippen LogP contribution in [0.3, 0.4) is 0 Å². The van der Waals surface area contributed by atoms with Crippen molar-refractivity contribution in [3.63, 3.8) is 0 Å². The van der Waals surface area contributed by atoms with E-state index < -0.39 is 11.9 Å². The van der Waals surface area contributed by atoms with Gasteiger partial charge in [-0.1, -0.05) is 25.6 Å². The summed E-state index contributed by atoms with van der Waals surface area (Å²) in [5.41, 5.74) is 1.18. The van der Waals surface area contributed by atoms with Crippen LogP contribution in [-0.4, -0.2) is 33.3 Å². The molecule has 0 spiro atoms. The fourth-order valence-corrected chi connectivity index (χ4v) is 5.63. The zero-order valence-corrected chi connectivity index (χ0v) is 19.7. The molecular formula is C21H30N4O3S2. The standard InChI is InChI=1S/C21H30N4O3S2/c1-12(2)9-10-25-19(27)17-14-7-5-6-8-15(14)30-18(17)24-21(25)29-11-16(26)23-20(28)22-13(3)4/h12-13H,5-11H2,1-4H3,(H2,22,23,26,28). The Morgan fingerprint density at radius 1 is 1.20 bits per heavy atom. The number of aryl methyl sites for hydroxylation is 2. The van der Waals surface area contributed by atoms with Crippen molar-refractivity contribution in [1.29, 1.82) is 0 Å². The van der Waals surface area contributed by atoms with Crippen molar-refractivity contribution in [3.8, 4) is 0 Å². The molecule has 7 nitrogen and oxygen atoms in total. The highest BCUT2D eigenvalue weighted by Gasteiger charge is 2.22. The van der Waals surface area contributed by atoms with Crippen molar-refractivity contribution >= 4 is 45.3 Å². The molecule has 0 aromatic carbocycles. The van der Waals surface area contributed by atoms with E-state index in [-0.39, 0.29) is 17.4 Å². The van der Waals surface area contributed by atoms with E-state index in [2.05, 4.69) is 24.5 Å². The van der Waals surface area contributed by atoms with Gasteiger partial charge in [0.15, 0.2) is 5.16 Å². The third-order valence-corrected chi connectivity index (χ3v) is 7.14. The molecule has 0 aliphatic heterocycles. The molecule has 1 aliphatic rings. The fourth-order valence-electron chi connectivity index (χ4n) is 3.51. The van der Waals surface area contributed by atoms with E-state index in [1.807, 2.05) is 13.8 Å². The highest BCUT2D eigenvalue weighted by Crippen LogP contribution is 2.34. The first-order valence-electron chi connectivity index (χ1n) is 10.5. The predicted octanol–water partition coefficient (Wildman–Crippen LogP) is 3.71. The maximum absolute atomic E-state index is 13.4. The number of thiophene rings is 1. The molecule has 2 N–H and O–H groups in total. The van der Waals surface area contributed by atoms with Crippen LogP contribution in [0.15, 0.2) is 9.95 Å². The molecule has 3 amide bonds. The number of carbonyl (C=O) groups excluding carboxylic acids is 2. The SMILES string of the molecule is CC(C)CCn1c(SCC(=O)NC(=O)NC(C)C)nc2sc3c(c2c1=O)CCCC3. The number of thioether (sulfide) groups is 1. The van der Waals surface area contributed by atoms with Crippen LogP contribution >= 0.6 is 23.1 Å². The average molecular weight is 451 g/mol. The number of hydrogen-bond acceptors (Lipinski definition) is 6. The fraction of sp³-hybridized carbons (Fsp3) is 0.619. The average Bonchev–Trinajstić information content (AvgIpc) is 3.03. The quantitative estimate of drug-likeness (QED) is 0.495. The number of nitrogens with zero attached hydrogens (tertiary/aromatic N) is 2. The van der Waals surface area contributed by atoms with Crippen LogP contribution in [0.25, 0.3) is 10.2 Å².